The normalized spacial score (nSPS) is 20.8. The number of benzene rings is 2. The summed E-state index contributed by atoms with van der Waals surface area (Å²) < 4.78 is 2.44. The van der Waals surface area contributed by atoms with E-state index >= 15 is 0 Å². The fraction of sp³-hybridized carbons (Fsp3) is 0.273. The van der Waals surface area contributed by atoms with Crippen LogP contribution in [0.4, 0.5) is 5.69 Å². The Balaban J connectivity index is 1.84. The molecular formula is C22H22N2. The van der Waals surface area contributed by atoms with Crippen LogP contribution in [-0.2, 0) is 7.05 Å². The van der Waals surface area contributed by atoms with Crippen molar-refractivity contribution in [3.05, 3.63) is 59.8 Å². The molecule has 2 unspecified atom stereocenters. The summed E-state index contributed by atoms with van der Waals surface area (Å²) in [5.74, 6) is 1.52. The first kappa shape index (κ1) is 13.9. The monoisotopic (exact) mass is 314 g/mol. The molecule has 0 saturated heterocycles. The second kappa shape index (κ2) is 4.76. The number of anilines is 1. The molecule has 1 heterocycles. The summed E-state index contributed by atoms with van der Waals surface area (Å²) in [6, 6.07) is 15.5. The van der Waals surface area contributed by atoms with Crippen molar-refractivity contribution in [2.45, 2.75) is 12.3 Å². The molecule has 1 fully saturated rings. The lowest BCUT2D eigenvalue weighted by molar-refractivity contribution is 0.828. The molecule has 0 bridgehead atoms. The number of fused-ring (bicyclic) bond motifs is 5. The van der Waals surface area contributed by atoms with Crippen LogP contribution in [-0.4, -0.2) is 18.7 Å². The zero-order chi connectivity index (χ0) is 16.4. The molecule has 5 rings (SSSR count). The quantitative estimate of drug-likeness (QED) is 0.643. The van der Waals surface area contributed by atoms with Crippen LogP contribution in [0, 0.1) is 5.92 Å². The van der Waals surface area contributed by atoms with Crippen molar-refractivity contribution < 1.29 is 0 Å². The van der Waals surface area contributed by atoms with Crippen molar-refractivity contribution in [1.29, 1.82) is 0 Å². The minimum absolute atomic E-state index is 0.741. The second-order valence-electron chi connectivity index (χ2n) is 7.37. The maximum atomic E-state index is 2.44. The molecule has 120 valence electrons. The smallest absolute Gasteiger partial charge is 0.0494 e. The molecule has 24 heavy (non-hydrogen) atoms. The molecule has 2 heteroatoms. The third-order valence-corrected chi connectivity index (χ3v) is 5.67. The van der Waals surface area contributed by atoms with Crippen LogP contribution in [0.5, 0.6) is 0 Å². The highest BCUT2D eigenvalue weighted by Gasteiger charge is 2.42. The first-order valence-electron chi connectivity index (χ1n) is 8.72. The number of hydrogen-bond acceptors (Lipinski definition) is 1. The minimum atomic E-state index is 0.741. The zero-order valence-corrected chi connectivity index (χ0v) is 14.5. The van der Waals surface area contributed by atoms with Gasteiger partial charge < -0.3 is 9.47 Å². The lowest BCUT2D eigenvalue weighted by Crippen LogP contribution is -2.10. The number of nitrogens with zero attached hydrogens (tertiary/aromatic N) is 2. The number of allylic oxidation sites excluding steroid dienone is 1. The van der Waals surface area contributed by atoms with E-state index in [2.05, 4.69) is 85.2 Å². The first-order valence-corrected chi connectivity index (χ1v) is 8.72. The molecule has 2 aliphatic rings. The SMILES string of the molecule is CN(C)c1cc2c3c(n(C)c2cc1-c1ccccc1)C1CC1C=C3. The van der Waals surface area contributed by atoms with E-state index in [9.17, 15) is 0 Å². The van der Waals surface area contributed by atoms with E-state index in [1.165, 1.54) is 45.4 Å². The van der Waals surface area contributed by atoms with Gasteiger partial charge in [-0.05, 0) is 30.0 Å². The maximum absolute atomic E-state index is 2.44. The van der Waals surface area contributed by atoms with Crippen molar-refractivity contribution >= 4 is 22.7 Å². The number of aryl methyl sites for hydroxylation is 1. The lowest BCUT2D eigenvalue weighted by atomic mass is 9.98. The molecule has 2 nitrogen and oxygen atoms in total. The van der Waals surface area contributed by atoms with Gasteiger partial charge in [0.05, 0.1) is 0 Å². The van der Waals surface area contributed by atoms with Gasteiger partial charge in [-0.3, -0.25) is 0 Å². The van der Waals surface area contributed by atoms with E-state index in [1.54, 1.807) is 0 Å². The van der Waals surface area contributed by atoms with Gasteiger partial charge in [-0.2, -0.15) is 0 Å². The third-order valence-electron chi connectivity index (χ3n) is 5.67. The molecule has 3 aromatic rings. The predicted octanol–water partition coefficient (Wildman–Crippen LogP) is 5.04. The first-order chi connectivity index (χ1) is 11.6. The summed E-state index contributed by atoms with van der Waals surface area (Å²) >= 11 is 0. The summed E-state index contributed by atoms with van der Waals surface area (Å²) in [6.45, 7) is 0. The van der Waals surface area contributed by atoms with Gasteiger partial charge in [0.25, 0.3) is 0 Å². The van der Waals surface area contributed by atoms with Crippen LogP contribution in [0.3, 0.4) is 0 Å². The lowest BCUT2D eigenvalue weighted by Gasteiger charge is -2.18. The van der Waals surface area contributed by atoms with Gasteiger partial charge in [-0.25, -0.2) is 0 Å². The van der Waals surface area contributed by atoms with Crippen LogP contribution in [0.1, 0.15) is 23.6 Å². The van der Waals surface area contributed by atoms with Crippen molar-refractivity contribution in [3.63, 3.8) is 0 Å². The number of hydrogen-bond donors (Lipinski definition) is 0. The van der Waals surface area contributed by atoms with Gasteiger partial charge in [-0.1, -0.05) is 42.5 Å². The molecule has 1 aromatic heterocycles. The fourth-order valence-electron chi connectivity index (χ4n) is 4.32. The Bertz CT molecular complexity index is 976. The average molecular weight is 314 g/mol. The Kier molecular flexibility index (Phi) is 2.76. The topological polar surface area (TPSA) is 8.17 Å². The van der Waals surface area contributed by atoms with Crippen molar-refractivity contribution in [3.8, 4) is 11.1 Å². The molecule has 2 aliphatic carbocycles. The summed E-state index contributed by atoms with van der Waals surface area (Å²) in [5, 5.41) is 1.39. The Morgan fingerprint density at radius 2 is 1.88 bits per heavy atom. The van der Waals surface area contributed by atoms with E-state index < -0.39 is 0 Å². The third kappa shape index (κ3) is 1.83. The Hall–Kier alpha value is -2.48. The van der Waals surface area contributed by atoms with Crippen molar-refractivity contribution in [2.75, 3.05) is 19.0 Å². The summed E-state index contributed by atoms with van der Waals surface area (Å²) in [6.07, 6.45) is 6.08. The number of aromatic nitrogens is 1. The van der Waals surface area contributed by atoms with Crippen molar-refractivity contribution in [1.82, 2.24) is 4.57 Å². The molecule has 2 atom stereocenters. The largest absolute Gasteiger partial charge is 0.377 e. The van der Waals surface area contributed by atoms with E-state index in [4.69, 9.17) is 0 Å². The van der Waals surface area contributed by atoms with Crippen LogP contribution in [0.15, 0.2) is 48.5 Å². The highest BCUT2D eigenvalue weighted by Crippen LogP contribution is 2.55. The van der Waals surface area contributed by atoms with Gasteiger partial charge in [0, 0.05) is 60.5 Å². The molecule has 2 aromatic carbocycles. The average Bonchev–Trinajstić information content (AvgIpc) is 3.34. The standard InChI is InChI=1S/C22H22N2/c1-23(2)20-13-19-16-10-9-15-11-18(15)22(16)24(3)21(19)12-17(20)14-7-5-4-6-8-14/h4-10,12-13,15,18H,11H2,1-3H3. The molecule has 0 radical (unpaired) electrons. The van der Waals surface area contributed by atoms with Gasteiger partial charge in [-0.15, -0.1) is 0 Å². The van der Waals surface area contributed by atoms with Crippen LogP contribution >= 0.6 is 0 Å². The summed E-state index contributed by atoms with van der Waals surface area (Å²) in [4.78, 5) is 2.23. The van der Waals surface area contributed by atoms with Crippen LogP contribution in [0.2, 0.25) is 0 Å². The predicted molar refractivity (Wildman–Crippen MR) is 103 cm³/mol. The molecule has 0 amide bonds. The van der Waals surface area contributed by atoms with Crippen LogP contribution < -0.4 is 4.90 Å². The zero-order valence-electron chi connectivity index (χ0n) is 14.5. The Labute approximate surface area is 143 Å². The van der Waals surface area contributed by atoms with E-state index in [0.717, 1.165) is 11.8 Å². The highest BCUT2D eigenvalue weighted by atomic mass is 15.1. The highest BCUT2D eigenvalue weighted by molar-refractivity contribution is 5.99. The second-order valence-corrected chi connectivity index (χ2v) is 7.37. The summed E-state index contributed by atoms with van der Waals surface area (Å²) in [7, 11) is 6.51. The minimum Gasteiger partial charge on any atom is -0.377 e. The molecule has 0 spiro atoms. The number of rotatable bonds is 2. The molecule has 0 aliphatic heterocycles. The molecular weight excluding hydrogens is 292 g/mol. The van der Waals surface area contributed by atoms with E-state index in [0.29, 0.717) is 0 Å². The van der Waals surface area contributed by atoms with Crippen molar-refractivity contribution in [2.24, 2.45) is 13.0 Å². The molecule has 1 saturated carbocycles. The fourth-order valence-corrected chi connectivity index (χ4v) is 4.32. The van der Waals surface area contributed by atoms with Gasteiger partial charge in [0.1, 0.15) is 0 Å². The Morgan fingerprint density at radius 3 is 2.62 bits per heavy atom. The van der Waals surface area contributed by atoms with Gasteiger partial charge in [0.15, 0.2) is 0 Å². The van der Waals surface area contributed by atoms with E-state index in [1.807, 2.05) is 0 Å². The maximum Gasteiger partial charge on any atom is 0.0494 e. The van der Waals surface area contributed by atoms with Gasteiger partial charge in [0.2, 0.25) is 0 Å². The Morgan fingerprint density at radius 1 is 1.08 bits per heavy atom. The summed E-state index contributed by atoms with van der Waals surface area (Å²) in [5.41, 5.74) is 8.20. The van der Waals surface area contributed by atoms with Gasteiger partial charge >= 0.3 is 0 Å². The van der Waals surface area contributed by atoms with E-state index in [-0.39, 0.29) is 0 Å². The molecule has 0 N–H and O–H groups in total. The van der Waals surface area contributed by atoms with Crippen LogP contribution in [0.25, 0.3) is 28.1 Å².